The molecule has 126 valence electrons. The monoisotopic (exact) mass is 408 g/mol. The van der Waals surface area contributed by atoms with E-state index in [-0.39, 0.29) is 0 Å². The van der Waals surface area contributed by atoms with Gasteiger partial charge < -0.3 is 9.47 Å². The van der Waals surface area contributed by atoms with Gasteiger partial charge in [-0.25, -0.2) is 0 Å². The van der Waals surface area contributed by atoms with Crippen LogP contribution in [0, 0.1) is 0 Å². The Bertz CT molecular complexity index is 718. The van der Waals surface area contributed by atoms with Crippen molar-refractivity contribution in [2.24, 2.45) is 5.10 Å². The zero-order valence-corrected chi connectivity index (χ0v) is 15.6. The van der Waals surface area contributed by atoms with Crippen molar-refractivity contribution in [1.29, 1.82) is 0 Å². The summed E-state index contributed by atoms with van der Waals surface area (Å²) < 4.78 is 12.1. The van der Waals surface area contributed by atoms with E-state index >= 15 is 0 Å². The summed E-state index contributed by atoms with van der Waals surface area (Å²) >= 11 is 9.38. The summed E-state index contributed by atoms with van der Waals surface area (Å²) in [4.78, 5) is 0. The number of hydrazone groups is 1. The summed E-state index contributed by atoms with van der Waals surface area (Å²) in [5.41, 5.74) is 4.67. The standard InChI is InChI=1S/C18H18BrClN2O2/c1-3-9-24-18-11-16(19)13(10-17(18)23-4-2)12-21-22-15-7-5-14(20)6-8-15/h3,5-8,10-12,22H,1,4,9H2,2H3/b21-12+. The van der Waals surface area contributed by atoms with E-state index < -0.39 is 0 Å². The van der Waals surface area contributed by atoms with Crippen LogP contribution in [0.15, 0.2) is 58.6 Å². The quantitative estimate of drug-likeness (QED) is 0.355. The van der Waals surface area contributed by atoms with Gasteiger partial charge in [-0.2, -0.15) is 5.10 Å². The summed E-state index contributed by atoms with van der Waals surface area (Å²) in [6, 6.07) is 11.0. The number of ether oxygens (including phenoxy) is 2. The van der Waals surface area contributed by atoms with Crippen LogP contribution in [0.5, 0.6) is 11.5 Å². The Morgan fingerprint density at radius 2 is 1.92 bits per heavy atom. The Labute approximate surface area is 155 Å². The Kier molecular flexibility index (Phi) is 7.15. The van der Waals surface area contributed by atoms with Gasteiger partial charge in [0.1, 0.15) is 6.61 Å². The molecule has 0 bridgehead atoms. The van der Waals surface area contributed by atoms with E-state index in [1.165, 1.54) is 0 Å². The lowest BCUT2D eigenvalue weighted by molar-refractivity contribution is 0.296. The summed E-state index contributed by atoms with van der Waals surface area (Å²) in [5, 5.41) is 4.92. The minimum atomic E-state index is 0.415. The third kappa shape index (κ3) is 5.28. The van der Waals surface area contributed by atoms with Crippen molar-refractivity contribution in [1.82, 2.24) is 0 Å². The number of halogens is 2. The number of rotatable bonds is 8. The van der Waals surface area contributed by atoms with E-state index in [1.54, 1.807) is 24.4 Å². The molecule has 4 nitrogen and oxygen atoms in total. The van der Waals surface area contributed by atoms with E-state index in [9.17, 15) is 0 Å². The molecule has 0 radical (unpaired) electrons. The van der Waals surface area contributed by atoms with Crippen molar-refractivity contribution in [2.75, 3.05) is 18.6 Å². The highest BCUT2D eigenvalue weighted by molar-refractivity contribution is 9.10. The van der Waals surface area contributed by atoms with Crippen LogP contribution in [0.2, 0.25) is 5.02 Å². The van der Waals surface area contributed by atoms with Gasteiger partial charge in [0.15, 0.2) is 11.5 Å². The van der Waals surface area contributed by atoms with Crippen molar-refractivity contribution >= 4 is 39.4 Å². The summed E-state index contributed by atoms with van der Waals surface area (Å²) in [6.45, 7) is 6.54. The highest BCUT2D eigenvalue weighted by Gasteiger charge is 2.09. The molecule has 0 aliphatic rings. The van der Waals surface area contributed by atoms with Gasteiger partial charge in [0.05, 0.1) is 18.5 Å². The first-order valence-electron chi connectivity index (χ1n) is 7.38. The summed E-state index contributed by atoms with van der Waals surface area (Å²) in [7, 11) is 0. The van der Waals surface area contributed by atoms with Gasteiger partial charge in [0, 0.05) is 15.1 Å². The molecule has 6 heteroatoms. The molecule has 0 spiro atoms. The predicted molar refractivity (Wildman–Crippen MR) is 104 cm³/mol. The number of hydrogen-bond acceptors (Lipinski definition) is 4. The molecule has 0 heterocycles. The van der Waals surface area contributed by atoms with Crippen molar-refractivity contribution in [3.8, 4) is 11.5 Å². The second kappa shape index (κ2) is 9.35. The van der Waals surface area contributed by atoms with Gasteiger partial charge >= 0.3 is 0 Å². The maximum Gasteiger partial charge on any atom is 0.162 e. The molecule has 0 amide bonds. The topological polar surface area (TPSA) is 42.8 Å². The van der Waals surface area contributed by atoms with E-state index in [2.05, 4.69) is 33.0 Å². The van der Waals surface area contributed by atoms with Gasteiger partial charge in [-0.3, -0.25) is 5.43 Å². The van der Waals surface area contributed by atoms with Crippen molar-refractivity contribution in [2.45, 2.75) is 6.92 Å². The van der Waals surface area contributed by atoms with Crippen LogP contribution < -0.4 is 14.9 Å². The Morgan fingerprint density at radius 1 is 1.21 bits per heavy atom. The first-order chi connectivity index (χ1) is 11.6. The van der Waals surface area contributed by atoms with Crippen molar-refractivity contribution in [3.63, 3.8) is 0 Å². The number of anilines is 1. The predicted octanol–water partition coefficient (Wildman–Crippen LogP) is 5.51. The fourth-order valence-corrected chi connectivity index (χ4v) is 2.43. The zero-order chi connectivity index (χ0) is 17.4. The lowest BCUT2D eigenvalue weighted by atomic mass is 10.2. The minimum absolute atomic E-state index is 0.415. The van der Waals surface area contributed by atoms with Crippen molar-refractivity contribution < 1.29 is 9.47 Å². The number of nitrogens with one attached hydrogen (secondary N) is 1. The normalized spacial score (nSPS) is 10.6. The highest BCUT2D eigenvalue weighted by Crippen LogP contribution is 2.33. The molecular formula is C18H18BrClN2O2. The van der Waals surface area contributed by atoms with Gasteiger partial charge in [0.25, 0.3) is 0 Å². The molecule has 0 fully saturated rings. The number of hydrogen-bond donors (Lipinski definition) is 1. The lowest BCUT2D eigenvalue weighted by Crippen LogP contribution is -2.01. The Balaban J connectivity index is 2.16. The molecule has 0 saturated heterocycles. The van der Waals surface area contributed by atoms with Crippen LogP contribution in [0.4, 0.5) is 5.69 Å². The van der Waals surface area contributed by atoms with Crippen molar-refractivity contribution in [3.05, 3.63) is 64.1 Å². The minimum Gasteiger partial charge on any atom is -0.490 e. The van der Waals surface area contributed by atoms with Crippen LogP contribution in [0.25, 0.3) is 0 Å². The molecule has 0 aliphatic carbocycles. The Hall–Kier alpha value is -1.98. The zero-order valence-electron chi connectivity index (χ0n) is 13.3. The second-order valence-corrected chi connectivity index (χ2v) is 6.02. The van der Waals surface area contributed by atoms with Crippen LogP contribution >= 0.6 is 27.5 Å². The summed E-state index contributed by atoms with van der Waals surface area (Å²) in [5.74, 6) is 1.32. The molecule has 1 N–H and O–H groups in total. The molecule has 2 aromatic rings. The van der Waals surface area contributed by atoms with E-state index in [0.29, 0.717) is 29.7 Å². The van der Waals surface area contributed by atoms with Crippen LogP contribution in [-0.2, 0) is 0 Å². The van der Waals surface area contributed by atoms with Gasteiger partial charge in [0.2, 0.25) is 0 Å². The maximum atomic E-state index is 5.86. The largest absolute Gasteiger partial charge is 0.490 e. The SMILES string of the molecule is C=CCOc1cc(Br)c(/C=N/Nc2ccc(Cl)cc2)cc1OCC. The molecule has 0 atom stereocenters. The summed E-state index contributed by atoms with van der Waals surface area (Å²) in [6.07, 6.45) is 3.40. The fourth-order valence-electron chi connectivity index (χ4n) is 1.88. The molecule has 0 aliphatic heterocycles. The average Bonchev–Trinajstić information content (AvgIpc) is 2.58. The highest BCUT2D eigenvalue weighted by atomic mass is 79.9. The van der Waals surface area contributed by atoms with Crippen LogP contribution in [-0.4, -0.2) is 19.4 Å². The molecule has 24 heavy (non-hydrogen) atoms. The number of benzene rings is 2. The van der Waals surface area contributed by atoms with Crippen LogP contribution in [0.3, 0.4) is 0 Å². The number of nitrogens with zero attached hydrogens (tertiary/aromatic N) is 1. The lowest BCUT2D eigenvalue weighted by Gasteiger charge is -2.12. The van der Waals surface area contributed by atoms with E-state index in [1.807, 2.05) is 31.2 Å². The van der Waals surface area contributed by atoms with Gasteiger partial charge in [-0.15, -0.1) is 0 Å². The smallest absolute Gasteiger partial charge is 0.162 e. The average molecular weight is 410 g/mol. The van der Waals surface area contributed by atoms with Gasteiger partial charge in [-0.05, 0) is 59.3 Å². The van der Waals surface area contributed by atoms with Gasteiger partial charge in [-0.1, -0.05) is 24.3 Å². The third-order valence-corrected chi connectivity index (χ3v) is 3.90. The first kappa shape index (κ1) is 18.4. The molecule has 2 rings (SSSR count). The molecule has 0 saturated carbocycles. The maximum absolute atomic E-state index is 5.86. The molecule has 2 aromatic carbocycles. The third-order valence-electron chi connectivity index (χ3n) is 2.96. The van der Waals surface area contributed by atoms with E-state index in [0.717, 1.165) is 15.7 Å². The second-order valence-electron chi connectivity index (χ2n) is 4.73. The fraction of sp³-hybridized carbons (Fsp3) is 0.167. The Morgan fingerprint density at radius 3 is 2.58 bits per heavy atom. The van der Waals surface area contributed by atoms with E-state index in [4.69, 9.17) is 21.1 Å². The van der Waals surface area contributed by atoms with Crippen LogP contribution in [0.1, 0.15) is 12.5 Å². The molecule has 0 aromatic heterocycles. The first-order valence-corrected chi connectivity index (χ1v) is 8.55. The molecular weight excluding hydrogens is 392 g/mol. The molecule has 0 unspecified atom stereocenters.